The van der Waals surface area contributed by atoms with Crippen LogP contribution in [0.1, 0.15) is 12.8 Å². The van der Waals surface area contributed by atoms with Crippen molar-refractivity contribution in [2.45, 2.75) is 12.8 Å². The Morgan fingerprint density at radius 1 is 1.30 bits per heavy atom. The summed E-state index contributed by atoms with van der Waals surface area (Å²) in [5.74, 6) is -2.44. The molecule has 1 aromatic heterocycles. The number of nitrogens with one attached hydrogen (secondary N) is 1. The van der Waals surface area contributed by atoms with Crippen LogP contribution in [0.15, 0.2) is 12.1 Å². The summed E-state index contributed by atoms with van der Waals surface area (Å²) in [6.07, 6.45) is 1.07. The summed E-state index contributed by atoms with van der Waals surface area (Å²) < 4.78 is 26.3. The first-order valence-electron chi connectivity index (χ1n) is 6.37. The molecule has 1 aliphatic rings. The first-order chi connectivity index (χ1) is 9.54. The normalized spacial score (nSPS) is 16.8. The van der Waals surface area contributed by atoms with Gasteiger partial charge in [0.15, 0.2) is 11.6 Å². The highest BCUT2D eigenvalue weighted by Crippen LogP contribution is 2.24. The van der Waals surface area contributed by atoms with Crippen LogP contribution in [0.3, 0.4) is 0 Å². The van der Waals surface area contributed by atoms with E-state index in [-0.39, 0.29) is 5.92 Å². The Balaban J connectivity index is 1.83. The summed E-state index contributed by atoms with van der Waals surface area (Å²) in [5.41, 5.74) is 0.790. The maximum Gasteiger partial charge on any atom is 0.306 e. The van der Waals surface area contributed by atoms with Crippen LogP contribution in [0.4, 0.5) is 14.7 Å². The predicted molar refractivity (Wildman–Crippen MR) is 68.6 cm³/mol. The molecular weight excluding hydrogens is 268 g/mol. The molecule has 2 heterocycles. The number of carboxylic acids is 1. The lowest BCUT2D eigenvalue weighted by molar-refractivity contribution is -0.142. The second kappa shape index (κ2) is 4.73. The molecule has 2 aromatic rings. The molecule has 1 saturated heterocycles. The minimum Gasteiger partial charge on any atom is -0.481 e. The molecule has 20 heavy (non-hydrogen) atoms. The summed E-state index contributed by atoms with van der Waals surface area (Å²) >= 11 is 0. The highest BCUT2D eigenvalue weighted by molar-refractivity contribution is 5.78. The van der Waals surface area contributed by atoms with Gasteiger partial charge in [-0.25, -0.2) is 13.8 Å². The van der Waals surface area contributed by atoms with Crippen LogP contribution in [-0.4, -0.2) is 34.1 Å². The zero-order valence-electron chi connectivity index (χ0n) is 10.6. The molecule has 106 valence electrons. The number of aromatic nitrogens is 2. The molecule has 0 bridgehead atoms. The van der Waals surface area contributed by atoms with Crippen molar-refractivity contribution in [3.8, 4) is 0 Å². The molecule has 0 unspecified atom stereocenters. The van der Waals surface area contributed by atoms with Crippen LogP contribution in [0.5, 0.6) is 0 Å². The van der Waals surface area contributed by atoms with Gasteiger partial charge in [0.2, 0.25) is 5.95 Å². The number of nitrogens with zero attached hydrogens (tertiary/aromatic N) is 2. The fraction of sp³-hybridized carbons (Fsp3) is 0.385. The lowest BCUT2D eigenvalue weighted by Gasteiger charge is -2.29. The largest absolute Gasteiger partial charge is 0.481 e. The van der Waals surface area contributed by atoms with Crippen LogP contribution in [-0.2, 0) is 4.79 Å². The second-order valence-corrected chi connectivity index (χ2v) is 4.94. The van der Waals surface area contributed by atoms with Crippen molar-refractivity contribution in [1.82, 2.24) is 9.97 Å². The lowest BCUT2D eigenvalue weighted by atomic mass is 9.97. The molecule has 0 spiro atoms. The van der Waals surface area contributed by atoms with Crippen molar-refractivity contribution in [3.63, 3.8) is 0 Å². The van der Waals surface area contributed by atoms with E-state index < -0.39 is 17.6 Å². The van der Waals surface area contributed by atoms with Gasteiger partial charge in [0.05, 0.1) is 17.0 Å². The number of fused-ring (bicyclic) bond motifs is 1. The first-order valence-corrected chi connectivity index (χ1v) is 6.37. The molecule has 0 aliphatic carbocycles. The number of H-pyrrole nitrogens is 1. The van der Waals surface area contributed by atoms with E-state index in [1.165, 1.54) is 0 Å². The molecule has 7 heteroatoms. The average Bonchev–Trinajstić information content (AvgIpc) is 2.82. The molecule has 0 amide bonds. The Hall–Kier alpha value is -2.18. The Morgan fingerprint density at radius 2 is 1.95 bits per heavy atom. The third-order valence-electron chi connectivity index (χ3n) is 3.66. The van der Waals surface area contributed by atoms with Crippen molar-refractivity contribution in [1.29, 1.82) is 0 Å². The van der Waals surface area contributed by atoms with E-state index in [2.05, 4.69) is 9.97 Å². The molecule has 0 radical (unpaired) electrons. The number of aliphatic carboxylic acids is 1. The summed E-state index contributed by atoms with van der Waals surface area (Å²) in [7, 11) is 0. The highest BCUT2D eigenvalue weighted by atomic mass is 19.2. The Kier molecular flexibility index (Phi) is 3.04. The fourth-order valence-electron chi connectivity index (χ4n) is 2.48. The Bertz CT molecular complexity index is 624. The number of carbonyl (C=O) groups is 1. The van der Waals surface area contributed by atoms with E-state index in [0.29, 0.717) is 42.9 Å². The van der Waals surface area contributed by atoms with Crippen molar-refractivity contribution >= 4 is 23.0 Å². The quantitative estimate of drug-likeness (QED) is 0.885. The molecular formula is C13H13F2N3O2. The molecule has 3 rings (SSSR count). The van der Waals surface area contributed by atoms with Crippen molar-refractivity contribution in [2.24, 2.45) is 5.92 Å². The Labute approximate surface area is 113 Å². The van der Waals surface area contributed by atoms with E-state index in [4.69, 9.17) is 5.11 Å². The smallest absolute Gasteiger partial charge is 0.306 e. The Morgan fingerprint density at radius 3 is 2.60 bits per heavy atom. The number of aromatic amines is 1. The van der Waals surface area contributed by atoms with Gasteiger partial charge in [-0.3, -0.25) is 4.79 Å². The van der Waals surface area contributed by atoms with E-state index in [0.717, 1.165) is 12.1 Å². The fourth-order valence-corrected chi connectivity index (χ4v) is 2.48. The number of carboxylic acid groups (broad SMARTS) is 1. The predicted octanol–water partition coefficient (Wildman–Crippen LogP) is 2.14. The van der Waals surface area contributed by atoms with Crippen molar-refractivity contribution in [3.05, 3.63) is 23.8 Å². The zero-order valence-corrected chi connectivity index (χ0v) is 10.6. The number of rotatable bonds is 2. The summed E-state index contributed by atoms with van der Waals surface area (Å²) in [5, 5.41) is 8.95. The summed E-state index contributed by atoms with van der Waals surface area (Å²) in [6, 6.07) is 2.12. The number of benzene rings is 1. The molecule has 5 nitrogen and oxygen atoms in total. The lowest BCUT2D eigenvalue weighted by Crippen LogP contribution is -2.36. The van der Waals surface area contributed by atoms with Gasteiger partial charge in [0, 0.05) is 25.2 Å². The minimum absolute atomic E-state index is 0.328. The van der Waals surface area contributed by atoms with Crippen LogP contribution >= 0.6 is 0 Å². The molecule has 1 aliphatic heterocycles. The monoisotopic (exact) mass is 281 g/mol. The van der Waals surface area contributed by atoms with Crippen LogP contribution < -0.4 is 4.90 Å². The number of halogens is 2. The number of anilines is 1. The molecule has 1 fully saturated rings. The molecule has 2 N–H and O–H groups in total. The van der Waals surface area contributed by atoms with Crippen LogP contribution in [0.2, 0.25) is 0 Å². The third kappa shape index (κ3) is 2.19. The highest BCUT2D eigenvalue weighted by Gasteiger charge is 2.26. The minimum atomic E-state index is -0.930. The van der Waals surface area contributed by atoms with Crippen molar-refractivity contribution in [2.75, 3.05) is 18.0 Å². The number of piperidine rings is 1. The standard InChI is InChI=1S/C13H13F2N3O2/c14-8-5-10-11(6-9(8)15)17-13(16-10)18-3-1-7(2-4-18)12(19)20/h5-7H,1-4H2,(H,16,17)(H,19,20). The molecule has 1 aromatic carbocycles. The third-order valence-corrected chi connectivity index (χ3v) is 3.66. The van der Waals surface area contributed by atoms with E-state index in [1.54, 1.807) is 0 Å². The van der Waals surface area contributed by atoms with Gasteiger partial charge in [-0.2, -0.15) is 0 Å². The maximum atomic E-state index is 13.1. The maximum absolute atomic E-state index is 13.1. The van der Waals surface area contributed by atoms with Gasteiger partial charge in [-0.05, 0) is 12.8 Å². The number of hydrogen-bond donors (Lipinski definition) is 2. The van der Waals surface area contributed by atoms with E-state index >= 15 is 0 Å². The molecule has 0 saturated carbocycles. The van der Waals surface area contributed by atoms with Gasteiger partial charge < -0.3 is 15.0 Å². The topological polar surface area (TPSA) is 69.2 Å². The van der Waals surface area contributed by atoms with E-state index in [9.17, 15) is 13.6 Å². The van der Waals surface area contributed by atoms with Crippen LogP contribution in [0.25, 0.3) is 11.0 Å². The number of imidazole rings is 1. The average molecular weight is 281 g/mol. The van der Waals surface area contributed by atoms with E-state index in [1.807, 2.05) is 4.90 Å². The summed E-state index contributed by atoms with van der Waals surface area (Å²) in [4.78, 5) is 19.9. The van der Waals surface area contributed by atoms with Crippen molar-refractivity contribution < 1.29 is 18.7 Å². The van der Waals surface area contributed by atoms with Crippen LogP contribution in [0, 0.1) is 17.6 Å². The number of hydrogen-bond acceptors (Lipinski definition) is 3. The van der Waals surface area contributed by atoms with Gasteiger partial charge in [0.25, 0.3) is 0 Å². The molecule has 0 atom stereocenters. The second-order valence-electron chi connectivity index (χ2n) is 4.94. The first kappa shape index (κ1) is 12.8. The van der Waals surface area contributed by atoms with Gasteiger partial charge in [0.1, 0.15) is 0 Å². The SMILES string of the molecule is O=C(O)C1CCN(c2nc3cc(F)c(F)cc3[nH]2)CC1. The van der Waals surface area contributed by atoms with Gasteiger partial charge >= 0.3 is 5.97 Å². The zero-order chi connectivity index (χ0) is 14.3. The van der Waals surface area contributed by atoms with Gasteiger partial charge in [-0.15, -0.1) is 0 Å². The van der Waals surface area contributed by atoms with Gasteiger partial charge in [-0.1, -0.05) is 0 Å². The summed E-state index contributed by atoms with van der Waals surface area (Å²) in [6.45, 7) is 1.11.